The number of piperazine rings is 1. The summed E-state index contributed by atoms with van der Waals surface area (Å²) in [6, 6.07) is 8.45. The van der Waals surface area contributed by atoms with Crippen molar-refractivity contribution in [2.24, 2.45) is 0 Å². The maximum atomic E-state index is 12.7. The summed E-state index contributed by atoms with van der Waals surface area (Å²) in [5, 5.41) is 0. The quantitative estimate of drug-likeness (QED) is 0.540. The van der Waals surface area contributed by atoms with Crippen molar-refractivity contribution in [1.82, 2.24) is 4.90 Å². The molecule has 172 valence electrons. The molecule has 0 unspecified atom stereocenters. The summed E-state index contributed by atoms with van der Waals surface area (Å²) >= 11 is 0. The highest BCUT2D eigenvalue weighted by Gasteiger charge is 2.51. The van der Waals surface area contributed by atoms with Crippen molar-refractivity contribution < 1.29 is 18.8 Å². The third-order valence-electron chi connectivity index (χ3n) is 6.75. The number of nitrogens with zero attached hydrogens (tertiary/aromatic N) is 2. The minimum Gasteiger partial charge on any atom is -0.459 e. The van der Waals surface area contributed by atoms with E-state index >= 15 is 0 Å². The molecule has 2 fully saturated rings. The normalized spacial score (nSPS) is 22.0. The van der Waals surface area contributed by atoms with Crippen LogP contribution in [0.15, 0.2) is 24.3 Å². The summed E-state index contributed by atoms with van der Waals surface area (Å²) in [6.45, 7) is 21.3. The molecule has 0 saturated carbocycles. The maximum absolute atomic E-state index is 12.7. The minimum atomic E-state index is -0.639. The highest BCUT2D eigenvalue weighted by Crippen LogP contribution is 2.36. The molecule has 3 rings (SSSR count). The van der Waals surface area contributed by atoms with E-state index in [1.54, 1.807) is 0 Å². The van der Waals surface area contributed by atoms with Gasteiger partial charge in [-0.2, -0.15) is 0 Å². The fourth-order valence-corrected chi connectivity index (χ4v) is 3.88. The van der Waals surface area contributed by atoms with E-state index < -0.39 is 11.1 Å². The van der Waals surface area contributed by atoms with Gasteiger partial charge in [-0.1, -0.05) is 12.1 Å². The molecule has 2 saturated heterocycles. The monoisotopic (exact) mass is 430 g/mol. The summed E-state index contributed by atoms with van der Waals surface area (Å²) < 4.78 is 18.0. The number of ether oxygens (including phenoxy) is 1. The van der Waals surface area contributed by atoms with E-state index in [1.807, 2.05) is 34.6 Å². The Labute approximate surface area is 188 Å². The van der Waals surface area contributed by atoms with Gasteiger partial charge in [0.25, 0.3) is 0 Å². The van der Waals surface area contributed by atoms with Crippen LogP contribution in [0.3, 0.4) is 0 Å². The Morgan fingerprint density at radius 1 is 0.903 bits per heavy atom. The molecule has 6 nitrogen and oxygen atoms in total. The van der Waals surface area contributed by atoms with Gasteiger partial charge in [-0.15, -0.1) is 0 Å². The zero-order valence-corrected chi connectivity index (χ0v) is 20.7. The molecule has 7 heteroatoms. The third kappa shape index (κ3) is 5.10. The second kappa shape index (κ2) is 8.09. The van der Waals surface area contributed by atoms with Crippen LogP contribution in [-0.4, -0.2) is 66.5 Å². The first-order chi connectivity index (χ1) is 14.1. The molecule has 2 aliphatic rings. The summed E-state index contributed by atoms with van der Waals surface area (Å²) in [5.74, 6) is -0.166. The largest absolute Gasteiger partial charge is 0.494 e. The van der Waals surface area contributed by atoms with Gasteiger partial charge in [0.1, 0.15) is 11.1 Å². The van der Waals surface area contributed by atoms with Crippen molar-refractivity contribution in [2.75, 3.05) is 31.1 Å². The molecule has 1 aromatic carbocycles. The molecule has 2 aliphatic heterocycles. The van der Waals surface area contributed by atoms with Crippen LogP contribution in [0.1, 0.15) is 62.3 Å². The van der Waals surface area contributed by atoms with Gasteiger partial charge >= 0.3 is 13.1 Å². The van der Waals surface area contributed by atoms with Gasteiger partial charge in [-0.3, -0.25) is 9.69 Å². The van der Waals surface area contributed by atoms with Crippen molar-refractivity contribution in [3.63, 3.8) is 0 Å². The van der Waals surface area contributed by atoms with Crippen LogP contribution in [-0.2, 0) is 18.8 Å². The molecule has 0 spiro atoms. The standard InChI is InChI=1S/C24H39BN2O4/c1-21(2,3)29-20(28)22(4,5)27-16-14-26(15-17-27)19-12-10-18(11-13-19)25-30-23(6,7)24(8,9)31-25/h10-13H,14-17H2,1-9H3. The van der Waals surface area contributed by atoms with E-state index in [0.29, 0.717) is 0 Å². The first kappa shape index (κ1) is 24.1. The maximum Gasteiger partial charge on any atom is 0.494 e. The highest BCUT2D eigenvalue weighted by molar-refractivity contribution is 6.62. The second-order valence-electron chi connectivity index (χ2n) is 11.2. The molecule has 0 radical (unpaired) electrons. The van der Waals surface area contributed by atoms with Crippen LogP contribution in [0.4, 0.5) is 5.69 Å². The predicted molar refractivity (Wildman–Crippen MR) is 126 cm³/mol. The molecule has 0 atom stereocenters. The van der Waals surface area contributed by atoms with Gasteiger partial charge in [0.05, 0.1) is 11.2 Å². The van der Waals surface area contributed by atoms with Crippen LogP contribution in [0.2, 0.25) is 0 Å². The van der Waals surface area contributed by atoms with Crippen LogP contribution < -0.4 is 10.4 Å². The van der Waals surface area contributed by atoms with Crippen molar-refractivity contribution in [3.8, 4) is 0 Å². The number of hydrogen-bond acceptors (Lipinski definition) is 6. The van der Waals surface area contributed by atoms with Gasteiger partial charge in [-0.05, 0) is 79.9 Å². The Hall–Kier alpha value is -1.57. The van der Waals surface area contributed by atoms with E-state index in [1.165, 1.54) is 5.69 Å². The molecule has 0 N–H and O–H groups in total. The highest BCUT2D eigenvalue weighted by atomic mass is 16.7. The van der Waals surface area contributed by atoms with Gasteiger partial charge < -0.3 is 18.9 Å². The topological polar surface area (TPSA) is 51.2 Å². The van der Waals surface area contributed by atoms with E-state index in [0.717, 1.165) is 31.6 Å². The van der Waals surface area contributed by atoms with Gasteiger partial charge in [0, 0.05) is 31.9 Å². The Bertz CT molecular complexity index is 775. The summed E-state index contributed by atoms with van der Waals surface area (Å²) in [7, 11) is -0.342. The van der Waals surface area contributed by atoms with Crippen LogP contribution in [0.5, 0.6) is 0 Å². The van der Waals surface area contributed by atoms with E-state index in [2.05, 4.69) is 61.8 Å². The Kier molecular flexibility index (Phi) is 6.29. The lowest BCUT2D eigenvalue weighted by atomic mass is 9.79. The second-order valence-corrected chi connectivity index (χ2v) is 11.2. The van der Waals surface area contributed by atoms with Crippen molar-refractivity contribution in [3.05, 3.63) is 24.3 Å². The molecule has 0 bridgehead atoms. The molecular formula is C24H39BN2O4. The van der Waals surface area contributed by atoms with E-state index in [-0.39, 0.29) is 24.3 Å². The van der Waals surface area contributed by atoms with Gasteiger partial charge in [0.2, 0.25) is 0 Å². The molecule has 0 aliphatic carbocycles. The number of anilines is 1. The first-order valence-corrected chi connectivity index (χ1v) is 11.3. The number of carbonyl (C=O) groups excluding carboxylic acids is 1. The van der Waals surface area contributed by atoms with Crippen LogP contribution in [0.25, 0.3) is 0 Å². The molecular weight excluding hydrogens is 391 g/mol. The smallest absolute Gasteiger partial charge is 0.459 e. The zero-order valence-electron chi connectivity index (χ0n) is 20.7. The number of carbonyl (C=O) groups is 1. The number of rotatable bonds is 4. The van der Waals surface area contributed by atoms with E-state index in [9.17, 15) is 4.79 Å². The van der Waals surface area contributed by atoms with Gasteiger partial charge in [-0.25, -0.2) is 0 Å². The molecule has 2 heterocycles. The molecule has 0 aromatic heterocycles. The first-order valence-electron chi connectivity index (χ1n) is 11.3. The molecule has 0 amide bonds. The number of esters is 1. The Balaban J connectivity index is 1.60. The fraction of sp³-hybridized carbons (Fsp3) is 0.708. The molecule has 1 aromatic rings. The van der Waals surface area contributed by atoms with Crippen LogP contribution in [0, 0.1) is 0 Å². The van der Waals surface area contributed by atoms with Crippen molar-refractivity contribution in [1.29, 1.82) is 0 Å². The SMILES string of the molecule is CC(C)(C)OC(=O)C(C)(C)N1CCN(c2ccc(B3OC(C)(C)C(C)(C)O3)cc2)CC1. The van der Waals surface area contributed by atoms with Crippen molar-refractivity contribution in [2.45, 2.75) is 84.7 Å². The predicted octanol–water partition coefficient (Wildman–Crippen LogP) is 3.23. The fourth-order valence-electron chi connectivity index (χ4n) is 3.88. The zero-order chi connectivity index (χ0) is 23.2. The molecule has 31 heavy (non-hydrogen) atoms. The number of hydrogen-bond donors (Lipinski definition) is 0. The Morgan fingerprint density at radius 2 is 1.39 bits per heavy atom. The average molecular weight is 430 g/mol. The lowest BCUT2D eigenvalue weighted by Gasteiger charge is -2.43. The lowest BCUT2D eigenvalue weighted by molar-refractivity contribution is -0.168. The third-order valence-corrected chi connectivity index (χ3v) is 6.75. The summed E-state index contributed by atoms with van der Waals surface area (Å²) in [5.41, 5.74) is 0.415. The number of benzene rings is 1. The summed E-state index contributed by atoms with van der Waals surface area (Å²) in [6.07, 6.45) is 0. The minimum absolute atomic E-state index is 0.166. The Morgan fingerprint density at radius 3 is 1.84 bits per heavy atom. The lowest BCUT2D eigenvalue weighted by Crippen LogP contribution is -2.59. The summed E-state index contributed by atoms with van der Waals surface area (Å²) in [4.78, 5) is 17.3. The average Bonchev–Trinajstić information content (AvgIpc) is 2.88. The van der Waals surface area contributed by atoms with Crippen LogP contribution >= 0.6 is 0 Å². The van der Waals surface area contributed by atoms with Crippen molar-refractivity contribution >= 4 is 24.2 Å². The van der Waals surface area contributed by atoms with E-state index in [4.69, 9.17) is 14.0 Å². The van der Waals surface area contributed by atoms with Gasteiger partial charge in [0.15, 0.2) is 0 Å².